The molecule has 1 heterocycles. The van der Waals surface area contributed by atoms with Crippen LogP contribution < -0.4 is 5.48 Å². The molecule has 1 aliphatic rings. The summed E-state index contributed by atoms with van der Waals surface area (Å²) < 4.78 is 27.9. The molecule has 0 saturated heterocycles. The first-order valence-corrected chi connectivity index (χ1v) is 9.31. The molecule has 25 heavy (non-hydrogen) atoms. The van der Waals surface area contributed by atoms with Gasteiger partial charge in [0.05, 0.1) is 17.2 Å². The predicted molar refractivity (Wildman–Crippen MR) is 87.8 cm³/mol. The lowest BCUT2D eigenvalue weighted by molar-refractivity contribution is -0.150. The number of rotatable bonds is 6. The Kier molecular flexibility index (Phi) is 5.26. The molecule has 1 unspecified atom stereocenters. The molecule has 0 fully saturated rings. The Bertz CT molecular complexity index is 818. The lowest BCUT2D eigenvalue weighted by Gasteiger charge is -2.22. The molecule has 2 N–H and O–H groups in total. The molecule has 2 rings (SSSR count). The van der Waals surface area contributed by atoms with Crippen LogP contribution in [0.15, 0.2) is 34.3 Å². The minimum absolute atomic E-state index is 0.114. The van der Waals surface area contributed by atoms with Crippen molar-refractivity contribution < 1.29 is 28.0 Å². The number of hydrogen-bond acceptors (Lipinski definition) is 8. The standard InChI is InChI=1S/C15H19N3O6S/c1-4-24-12(19)9-18-14(20)15(2,17-21)13(16-18)10-5-7-11(8-6-10)25(3,22)23/h5-8,17,21H,4,9H2,1-3H3. The Morgan fingerprint density at radius 1 is 1.36 bits per heavy atom. The maximum atomic E-state index is 12.5. The molecule has 10 heteroatoms. The second-order valence-electron chi connectivity index (χ2n) is 5.65. The van der Waals surface area contributed by atoms with Gasteiger partial charge in [-0.25, -0.2) is 13.4 Å². The first-order valence-electron chi connectivity index (χ1n) is 7.42. The van der Waals surface area contributed by atoms with E-state index >= 15 is 0 Å². The Hall–Kier alpha value is -2.30. The average molecular weight is 369 g/mol. The maximum absolute atomic E-state index is 12.5. The minimum atomic E-state index is -3.36. The summed E-state index contributed by atoms with van der Waals surface area (Å²) >= 11 is 0. The van der Waals surface area contributed by atoms with Crippen LogP contribution in [0.3, 0.4) is 0 Å². The third-order valence-electron chi connectivity index (χ3n) is 3.72. The second-order valence-corrected chi connectivity index (χ2v) is 7.67. The lowest BCUT2D eigenvalue weighted by atomic mass is 9.91. The molecule has 9 nitrogen and oxygen atoms in total. The van der Waals surface area contributed by atoms with Crippen molar-refractivity contribution in [2.45, 2.75) is 24.3 Å². The van der Waals surface area contributed by atoms with Crippen LogP contribution in [-0.2, 0) is 24.2 Å². The van der Waals surface area contributed by atoms with Gasteiger partial charge in [-0.2, -0.15) is 10.6 Å². The summed E-state index contributed by atoms with van der Waals surface area (Å²) in [7, 11) is -3.36. The van der Waals surface area contributed by atoms with Crippen molar-refractivity contribution in [3.63, 3.8) is 0 Å². The van der Waals surface area contributed by atoms with E-state index in [9.17, 15) is 23.2 Å². The van der Waals surface area contributed by atoms with Gasteiger partial charge in [-0.05, 0) is 26.0 Å². The highest BCUT2D eigenvalue weighted by molar-refractivity contribution is 7.90. The largest absolute Gasteiger partial charge is 0.465 e. The summed E-state index contributed by atoms with van der Waals surface area (Å²) in [6.45, 7) is 2.82. The first kappa shape index (κ1) is 19.0. The van der Waals surface area contributed by atoms with Gasteiger partial charge < -0.3 is 9.94 Å². The molecule has 0 aromatic heterocycles. The fraction of sp³-hybridized carbons (Fsp3) is 0.400. The number of hydroxylamine groups is 1. The fourth-order valence-corrected chi connectivity index (χ4v) is 3.00. The molecular weight excluding hydrogens is 350 g/mol. The highest BCUT2D eigenvalue weighted by atomic mass is 32.2. The molecule has 0 spiro atoms. The van der Waals surface area contributed by atoms with Crippen LogP contribution >= 0.6 is 0 Å². The number of amides is 1. The van der Waals surface area contributed by atoms with Crippen molar-refractivity contribution in [3.8, 4) is 0 Å². The van der Waals surface area contributed by atoms with Gasteiger partial charge in [0.15, 0.2) is 15.4 Å². The number of carbonyl (C=O) groups is 2. The van der Waals surface area contributed by atoms with Crippen molar-refractivity contribution >= 4 is 27.4 Å². The normalized spacial score (nSPS) is 20.6. The summed E-state index contributed by atoms with van der Waals surface area (Å²) in [5, 5.41) is 14.5. The molecule has 0 saturated carbocycles. The third kappa shape index (κ3) is 3.70. The maximum Gasteiger partial charge on any atom is 0.327 e. The Morgan fingerprint density at radius 3 is 2.44 bits per heavy atom. The zero-order valence-electron chi connectivity index (χ0n) is 14.0. The van der Waals surface area contributed by atoms with Gasteiger partial charge in [0.1, 0.15) is 6.54 Å². The molecule has 1 amide bonds. The first-order chi connectivity index (χ1) is 11.6. The van der Waals surface area contributed by atoms with Gasteiger partial charge in [-0.1, -0.05) is 12.1 Å². The molecule has 1 aromatic carbocycles. The number of nitrogens with zero attached hydrogens (tertiary/aromatic N) is 2. The Balaban J connectivity index is 2.39. The fourth-order valence-electron chi connectivity index (χ4n) is 2.37. The highest BCUT2D eigenvalue weighted by Crippen LogP contribution is 2.25. The number of hydrazone groups is 1. The van der Waals surface area contributed by atoms with Crippen LogP contribution in [0, 0.1) is 0 Å². The summed E-state index contributed by atoms with van der Waals surface area (Å²) in [4.78, 5) is 24.2. The smallest absolute Gasteiger partial charge is 0.327 e. The molecule has 1 aromatic rings. The van der Waals surface area contributed by atoms with E-state index in [1.165, 1.54) is 31.2 Å². The number of carbonyl (C=O) groups excluding carboxylic acids is 2. The van der Waals surface area contributed by atoms with Gasteiger partial charge >= 0.3 is 5.97 Å². The van der Waals surface area contributed by atoms with Crippen LogP contribution in [0.25, 0.3) is 0 Å². The van der Waals surface area contributed by atoms with E-state index in [0.717, 1.165) is 11.3 Å². The summed E-state index contributed by atoms with van der Waals surface area (Å²) in [6, 6.07) is 5.71. The predicted octanol–water partition coefficient (Wildman–Crippen LogP) is -0.0630. The molecule has 0 bridgehead atoms. The van der Waals surface area contributed by atoms with Gasteiger partial charge in [0, 0.05) is 11.8 Å². The van der Waals surface area contributed by atoms with E-state index < -0.39 is 33.8 Å². The number of hydrogen-bond donors (Lipinski definition) is 2. The topological polar surface area (TPSA) is 125 Å². The molecule has 0 aliphatic carbocycles. The van der Waals surface area contributed by atoms with Gasteiger partial charge in [-0.3, -0.25) is 9.59 Å². The van der Waals surface area contributed by atoms with Crippen LogP contribution in [0.2, 0.25) is 0 Å². The summed E-state index contributed by atoms with van der Waals surface area (Å²) in [6.07, 6.45) is 1.08. The van der Waals surface area contributed by atoms with Crippen LogP contribution in [0.4, 0.5) is 0 Å². The van der Waals surface area contributed by atoms with Gasteiger partial charge in [-0.15, -0.1) is 0 Å². The van der Waals surface area contributed by atoms with E-state index in [0.29, 0.717) is 5.56 Å². The average Bonchev–Trinajstić information content (AvgIpc) is 2.80. The summed E-state index contributed by atoms with van der Waals surface area (Å²) in [5.41, 5.74) is 0.940. The van der Waals surface area contributed by atoms with Gasteiger partial charge in [0.2, 0.25) is 0 Å². The van der Waals surface area contributed by atoms with Crippen molar-refractivity contribution in [1.82, 2.24) is 10.5 Å². The number of nitrogens with one attached hydrogen (secondary N) is 1. The number of ether oxygens (including phenoxy) is 1. The zero-order chi connectivity index (χ0) is 18.8. The van der Waals surface area contributed by atoms with Crippen LogP contribution in [0.5, 0.6) is 0 Å². The van der Waals surface area contributed by atoms with E-state index in [1.54, 1.807) is 6.92 Å². The van der Waals surface area contributed by atoms with Gasteiger partial charge in [0.25, 0.3) is 5.91 Å². The highest BCUT2D eigenvalue weighted by Gasteiger charge is 2.48. The van der Waals surface area contributed by atoms with E-state index in [4.69, 9.17) is 4.74 Å². The third-order valence-corrected chi connectivity index (χ3v) is 4.85. The molecule has 136 valence electrons. The molecule has 0 radical (unpaired) electrons. The van der Waals surface area contributed by atoms with Crippen LogP contribution in [-0.4, -0.2) is 61.2 Å². The Labute approximate surface area is 145 Å². The monoisotopic (exact) mass is 369 g/mol. The number of benzene rings is 1. The molecule has 1 aliphatic heterocycles. The van der Waals surface area contributed by atoms with Crippen molar-refractivity contribution in [2.24, 2.45) is 5.10 Å². The van der Waals surface area contributed by atoms with E-state index in [1.807, 2.05) is 5.48 Å². The van der Waals surface area contributed by atoms with Crippen molar-refractivity contribution in [2.75, 3.05) is 19.4 Å². The molecular formula is C15H19N3O6S. The zero-order valence-corrected chi connectivity index (χ0v) is 14.8. The van der Waals surface area contributed by atoms with E-state index in [2.05, 4.69) is 5.10 Å². The summed E-state index contributed by atoms with van der Waals surface area (Å²) in [5.74, 6) is -1.26. The number of sulfone groups is 1. The van der Waals surface area contributed by atoms with Crippen LogP contribution in [0.1, 0.15) is 19.4 Å². The quantitative estimate of drug-likeness (QED) is 0.531. The Morgan fingerprint density at radius 2 is 1.96 bits per heavy atom. The molecule has 1 atom stereocenters. The number of esters is 1. The minimum Gasteiger partial charge on any atom is -0.465 e. The lowest BCUT2D eigenvalue weighted by Crippen LogP contribution is -2.54. The second kappa shape index (κ2) is 6.90. The van der Waals surface area contributed by atoms with E-state index in [-0.39, 0.29) is 17.2 Å². The van der Waals surface area contributed by atoms with Crippen molar-refractivity contribution in [3.05, 3.63) is 29.8 Å². The van der Waals surface area contributed by atoms with Crippen molar-refractivity contribution in [1.29, 1.82) is 0 Å². The SMILES string of the molecule is CCOC(=O)CN1N=C(c2ccc(S(C)(=O)=O)cc2)C(C)(NO)C1=O.